The minimum atomic E-state index is -0.269. The van der Waals surface area contributed by atoms with Crippen molar-refractivity contribution in [1.82, 2.24) is 0 Å². The van der Waals surface area contributed by atoms with Crippen LogP contribution in [0.4, 0.5) is 0 Å². The van der Waals surface area contributed by atoms with Gasteiger partial charge in [-0.3, -0.25) is 4.79 Å². The van der Waals surface area contributed by atoms with E-state index in [1.165, 1.54) is 11.1 Å². The van der Waals surface area contributed by atoms with Gasteiger partial charge in [0.1, 0.15) is 0 Å². The van der Waals surface area contributed by atoms with Crippen LogP contribution in [0.3, 0.4) is 0 Å². The van der Waals surface area contributed by atoms with Crippen molar-refractivity contribution >= 4 is 5.97 Å². The number of hydrogen-bond donors (Lipinski definition) is 1. The predicted molar refractivity (Wildman–Crippen MR) is 68.7 cm³/mol. The van der Waals surface area contributed by atoms with Crippen molar-refractivity contribution < 1.29 is 9.53 Å². The third-order valence-corrected chi connectivity index (χ3v) is 3.02. The fraction of sp³-hybridized carbons (Fsp3) is 0.500. The molecule has 1 aromatic rings. The van der Waals surface area contributed by atoms with Crippen LogP contribution in [-0.2, 0) is 16.0 Å². The first-order valence-corrected chi connectivity index (χ1v) is 6.03. The summed E-state index contributed by atoms with van der Waals surface area (Å²) >= 11 is 0. The van der Waals surface area contributed by atoms with E-state index >= 15 is 0 Å². The Bertz CT molecular complexity index is 376. The van der Waals surface area contributed by atoms with Crippen LogP contribution < -0.4 is 5.73 Å². The SMILES string of the molecule is CCOC(=O)C(C)C(N)Cc1ccccc1C. The zero-order chi connectivity index (χ0) is 12.8. The van der Waals surface area contributed by atoms with E-state index in [2.05, 4.69) is 13.0 Å². The molecule has 0 aromatic heterocycles. The van der Waals surface area contributed by atoms with Gasteiger partial charge in [-0.1, -0.05) is 31.2 Å². The minimum Gasteiger partial charge on any atom is -0.466 e. The second-order valence-electron chi connectivity index (χ2n) is 4.34. The number of nitrogens with two attached hydrogens (primary N) is 1. The summed E-state index contributed by atoms with van der Waals surface area (Å²) in [5.41, 5.74) is 8.45. The van der Waals surface area contributed by atoms with E-state index in [1.807, 2.05) is 25.1 Å². The van der Waals surface area contributed by atoms with E-state index in [9.17, 15) is 4.79 Å². The summed E-state index contributed by atoms with van der Waals surface area (Å²) in [7, 11) is 0. The van der Waals surface area contributed by atoms with E-state index in [0.29, 0.717) is 13.0 Å². The van der Waals surface area contributed by atoms with Crippen LogP contribution in [-0.4, -0.2) is 18.6 Å². The number of esters is 1. The average Bonchev–Trinajstić information content (AvgIpc) is 2.31. The average molecular weight is 235 g/mol. The lowest BCUT2D eigenvalue weighted by Gasteiger charge is -2.19. The topological polar surface area (TPSA) is 52.3 Å². The molecule has 17 heavy (non-hydrogen) atoms. The van der Waals surface area contributed by atoms with Gasteiger partial charge in [0.25, 0.3) is 0 Å². The van der Waals surface area contributed by atoms with Crippen LogP contribution in [0.1, 0.15) is 25.0 Å². The standard InChI is InChI=1S/C14H21NO2/c1-4-17-14(16)11(3)13(15)9-12-8-6-5-7-10(12)2/h5-8,11,13H,4,9,15H2,1-3H3. The maximum Gasteiger partial charge on any atom is 0.310 e. The van der Waals surface area contributed by atoms with Crippen LogP contribution in [0.15, 0.2) is 24.3 Å². The third kappa shape index (κ3) is 3.86. The highest BCUT2D eigenvalue weighted by Gasteiger charge is 2.22. The molecule has 0 aliphatic rings. The van der Waals surface area contributed by atoms with Gasteiger partial charge in [0.15, 0.2) is 0 Å². The van der Waals surface area contributed by atoms with Crippen molar-refractivity contribution in [2.75, 3.05) is 6.61 Å². The van der Waals surface area contributed by atoms with Gasteiger partial charge in [-0.05, 0) is 31.4 Å². The summed E-state index contributed by atoms with van der Waals surface area (Å²) < 4.78 is 4.97. The van der Waals surface area contributed by atoms with Crippen LogP contribution in [0.2, 0.25) is 0 Å². The molecule has 2 unspecified atom stereocenters. The highest BCUT2D eigenvalue weighted by atomic mass is 16.5. The first-order chi connectivity index (χ1) is 8.06. The smallest absolute Gasteiger partial charge is 0.310 e. The van der Waals surface area contributed by atoms with Gasteiger partial charge in [0, 0.05) is 6.04 Å². The molecular weight excluding hydrogens is 214 g/mol. The molecule has 0 radical (unpaired) electrons. The van der Waals surface area contributed by atoms with Crippen molar-refractivity contribution in [2.24, 2.45) is 11.7 Å². The number of carbonyl (C=O) groups excluding carboxylic acids is 1. The molecule has 0 fully saturated rings. The molecule has 0 heterocycles. The molecule has 1 aromatic carbocycles. The summed E-state index contributed by atoms with van der Waals surface area (Å²) in [5, 5.41) is 0. The number of aryl methyl sites for hydroxylation is 1. The largest absolute Gasteiger partial charge is 0.466 e. The molecule has 0 spiro atoms. The molecule has 0 saturated carbocycles. The monoisotopic (exact) mass is 235 g/mol. The Balaban J connectivity index is 2.63. The van der Waals surface area contributed by atoms with E-state index < -0.39 is 0 Å². The molecule has 2 N–H and O–H groups in total. The number of rotatable bonds is 5. The summed E-state index contributed by atoms with van der Waals surface area (Å²) in [6.45, 7) is 6.08. The van der Waals surface area contributed by atoms with Gasteiger partial charge in [0.05, 0.1) is 12.5 Å². The summed E-state index contributed by atoms with van der Waals surface area (Å²) in [6.07, 6.45) is 0.701. The highest BCUT2D eigenvalue weighted by Crippen LogP contribution is 2.13. The molecule has 94 valence electrons. The van der Waals surface area contributed by atoms with E-state index in [0.717, 1.165) is 0 Å². The van der Waals surface area contributed by atoms with Gasteiger partial charge < -0.3 is 10.5 Å². The Morgan fingerprint density at radius 2 is 2.06 bits per heavy atom. The second kappa shape index (κ2) is 6.40. The molecule has 3 nitrogen and oxygen atoms in total. The molecule has 2 atom stereocenters. The van der Waals surface area contributed by atoms with E-state index in [-0.39, 0.29) is 17.9 Å². The van der Waals surface area contributed by atoms with Crippen molar-refractivity contribution in [3.05, 3.63) is 35.4 Å². The molecule has 0 saturated heterocycles. The van der Waals surface area contributed by atoms with Gasteiger partial charge in [-0.2, -0.15) is 0 Å². The van der Waals surface area contributed by atoms with Crippen molar-refractivity contribution in [3.63, 3.8) is 0 Å². The summed E-state index contributed by atoms with van der Waals surface area (Å²) in [6, 6.07) is 7.89. The third-order valence-electron chi connectivity index (χ3n) is 3.02. The zero-order valence-corrected chi connectivity index (χ0v) is 10.8. The normalized spacial score (nSPS) is 14.1. The number of benzene rings is 1. The lowest BCUT2D eigenvalue weighted by atomic mass is 9.94. The van der Waals surface area contributed by atoms with E-state index in [1.54, 1.807) is 6.92 Å². The first-order valence-electron chi connectivity index (χ1n) is 6.03. The molecule has 1 rings (SSSR count). The van der Waals surface area contributed by atoms with Crippen LogP contribution >= 0.6 is 0 Å². The Labute approximate surface area is 103 Å². The summed E-state index contributed by atoms with van der Waals surface area (Å²) in [4.78, 5) is 11.6. The number of carbonyl (C=O) groups is 1. The lowest BCUT2D eigenvalue weighted by molar-refractivity contribution is -0.148. The zero-order valence-electron chi connectivity index (χ0n) is 10.8. The first kappa shape index (κ1) is 13.7. The molecule has 3 heteroatoms. The van der Waals surface area contributed by atoms with Gasteiger partial charge in [0.2, 0.25) is 0 Å². The quantitative estimate of drug-likeness (QED) is 0.795. The Morgan fingerprint density at radius 1 is 1.41 bits per heavy atom. The Kier molecular flexibility index (Phi) is 5.16. The molecular formula is C14H21NO2. The predicted octanol–water partition coefficient (Wildman–Crippen LogP) is 2.06. The number of hydrogen-bond acceptors (Lipinski definition) is 3. The molecule has 0 amide bonds. The Morgan fingerprint density at radius 3 is 2.65 bits per heavy atom. The fourth-order valence-electron chi connectivity index (χ4n) is 1.72. The van der Waals surface area contributed by atoms with Crippen molar-refractivity contribution in [2.45, 2.75) is 33.2 Å². The Hall–Kier alpha value is -1.35. The van der Waals surface area contributed by atoms with Crippen molar-refractivity contribution in [1.29, 1.82) is 0 Å². The van der Waals surface area contributed by atoms with Crippen LogP contribution in [0, 0.1) is 12.8 Å². The van der Waals surface area contributed by atoms with E-state index in [4.69, 9.17) is 10.5 Å². The maximum absolute atomic E-state index is 11.6. The highest BCUT2D eigenvalue weighted by molar-refractivity contribution is 5.72. The molecule has 0 aliphatic heterocycles. The maximum atomic E-state index is 11.6. The number of ether oxygens (including phenoxy) is 1. The van der Waals surface area contributed by atoms with Crippen molar-refractivity contribution in [3.8, 4) is 0 Å². The van der Waals surface area contributed by atoms with Crippen LogP contribution in [0.5, 0.6) is 0 Å². The minimum absolute atomic E-state index is 0.199. The fourth-order valence-corrected chi connectivity index (χ4v) is 1.72. The van der Waals surface area contributed by atoms with Gasteiger partial charge >= 0.3 is 5.97 Å². The second-order valence-corrected chi connectivity index (χ2v) is 4.34. The molecule has 0 bridgehead atoms. The lowest BCUT2D eigenvalue weighted by Crippen LogP contribution is -2.36. The van der Waals surface area contributed by atoms with Gasteiger partial charge in [-0.15, -0.1) is 0 Å². The van der Waals surface area contributed by atoms with Crippen LogP contribution in [0.25, 0.3) is 0 Å². The van der Waals surface area contributed by atoms with Gasteiger partial charge in [-0.25, -0.2) is 0 Å². The molecule has 0 aliphatic carbocycles. The summed E-state index contributed by atoms with van der Waals surface area (Å²) in [5.74, 6) is -0.483.